The molecule has 1 heterocycles. The Labute approximate surface area is 216 Å². The van der Waals surface area contributed by atoms with E-state index in [1.54, 1.807) is 0 Å². The molecule has 182 valence electrons. The van der Waals surface area contributed by atoms with Gasteiger partial charge in [-0.1, -0.05) is 79.6 Å². The first-order chi connectivity index (χ1) is 17.8. The maximum Gasteiger partial charge on any atom is 0.112 e. The van der Waals surface area contributed by atoms with Crippen LogP contribution in [-0.2, 0) is 6.54 Å². The van der Waals surface area contributed by atoms with Crippen LogP contribution in [0.5, 0.6) is 0 Å². The molecule has 0 unspecified atom stereocenters. The molecule has 0 amide bonds. The number of hydrogen-bond acceptors (Lipinski definition) is 1. The molecule has 0 aliphatic carbocycles. The second-order valence-electron chi connectivity index (χ2n) is 9.61. The predicted molar refractivity (Wildman–Crippen MR) is 158 cm³/mol. The molecule has 5 aromatic rings. The molecule has 4 aromatic carbocycles. The zero-order valence-corrected chi connectivity index (χ0v) is 22.2. The van der Waals surface area contributed by atoms with Gasteiger partial charge in [-0.15, -0.1) is 0 Å². The molecule has 3 heteroatoms. The molecule has 0 N–H and O–H groups in total. The topological polar surface area (TPSA) is 17.8 Å². The number of hydrogen-bond donors (Lipinski definition) is 0. The number of aryl methyl sites for hydroxylation is 2. The van der Waals surface area contributed by atoms with Gasteiger partial charge in [-0.25, -0.2) is 4.98 Å². The third-order valence-electron chi connectivity index (χ3n) is 7.31. The summed E-state index contributed by atoms with van der Waals surface area (Å²) in [6.45, 7) is 3.18. The van der Waals surface area contributed by atoms with Gasteiger partial charge in [0.25, 0.3) is 0 Å². The van der Waals surface area contributed by atoms with Gasteiger partial charge in [-0.2, -0.15) is 0 Å². The first-order valence-electron chi connectivity index (χ1n) is 13.3. The lowest BCUT2D eigenvalue weighted by Gasteiger charge is -2.27. The van der Waals surface area contributed by atoms with E-state index in [-0.39, 0.29) is 0 Å². The number of benzene rings is 4. The fourth-order valence-corrected chi connectivity index (χ4v) is 9.92. The van der Waals surface area contributed by atoms with Crippen LogP contribution >= 0.6 is 7.26 Å². The van der Waals surface area contributed by atoms with Crippen LogP contribution in [0.3, 0.4) is 0 Å². The summed E-state index contributed by atoms with van der Waals surface area (Å²) in [7, 11) is -1.69. The molecular weight excluding hydrogens is 455 g/mol. The quantitative estimate of drug-likeness (QED) is 0.140. The Kier molecular flexibility index (Phi) is 7.94. The monoisotopic (exact) mass is 491 g/mol. The lowest BCUT2D eigenvalue weighted by Crippen LogP contribution is -2.33. The Morgan fingerprint density at radius 3 is 1.61 bits per heavy atom. The Morgan fingerprint density at radius 2 is 1.03 bits per heavy atom. The van der Waals surface area contributed by atoms with Gasteiger partial charge < -0.3 is 4.57 Å². The second kappa shape index (κ2) is 11.7. The van der Waals surface area contributed by atoms with E-state index in [1.165, 1.54) is 59.7 Å². The van der Waals surface area contributed by atoms with E-state index in [0.29, 0.717) is 0 Å². The van der Waals surface area contributed by atoms with Crippen molar-refractivity contribution in [3.63, 3.8) is 0 Å². The van der Waals surface area contributed by atoms with E-state index in [0.717, 1.165) is 17.9 Å². The summed E-state index contributed by atoms with van der Waals surface area (Å²) in [5.74, 6) is 1.12. The summed E-state index contributed by atoms with van der Waals surface area (Å²) in [6.07, 6.45) is 7.49. The molecule has 0 spiro atoms. The Hall–Kier alpha value is -3.22. The standard InChI is InChI=1S/C33H36N2P/c1-28-34-32-24-14-15-25-33(32)35(28)26-16-3-2-4-17-27-36(29-18-8-5-9-19-29,30-20-10-6-11-21-30)31-22-12-7-13-23-31/h5-15,18-25H,2-4,16-17,26-27H2,1H3/q+1. The highest BCUT2D eigenvalue weighted by Crippen LogP contribution is 2.56. The van der Waals surface area contributed by atoms with Crippen LogP contribution in [-0.4, -0.2) is 15.7 Å². The molecule has 0 aliphatic rings. The number of unbranched alkanes of at least 4 members (excludes halogenated alkanes) is 4. The molecule has 0 aliphatic heterocycles. The fourth-order valence-electron chi connectivity index (χ4n) is 5.51. The van der Waals surface area contributed by atoms with Crippen LogP contribution in [0, 0.1) is 6.92 Å². The highest BCUT2D eigenvalue weighted by molar-refractivity contribution is 7.95. The number of fused-ring (bicyclic) bond motifs is 1. The minimum absolute atomic E-state index is 1.06. The van der Waals surface area contributed by atoms with Gasteiger partial charge in [0.15, 0.2) is 0 Å². The lowest BCUT2D eigenvalue weighted by molar-refractivity contribution is 0.569. The summed E-state index contributed by atoms with van der Waals surface area (Å²) in [6, 6.07) is 42.3. The summed E-state index contributed by atoms with van der Waals surface area (Å²) < 4.78 is 2.38. The van der Waals surface area contributed by atoms with Crippen molar-refractivity contribution in [2.24, 2.45) is 0 Å². The molecule has 0 saturated carbocycles. The summed E-state index contributed by atoms with van der Waals surface area (Å²) in [5.41, 5.74) is 2.37. The van der Waals surface area contributed by atoms with Crippen molar-refractivity contribution in [3.8, 4) is 0 Å². The molecular formula is C33H36N2P+. The summed E-state index contributed by atoms with van der Waals surface area (Å²) in [4.78, 5) is 4.72. The van der Waals surface area contributed by atoms with E-state index >= 15 is 0 Å². The van der Waals surface area contributed by atoms with Crippen molar-refractivity contribution in [3.05, 3.63) is 121 Å². The third kappa shape index (κ3) is 5.15. The third-order valence-corrected chi connectivity index (χ3v) is 11.8. The zero-order valence-electron chi connectivity index (χ0n) is 21.3. The number of imidazole rings is 1. The van der Waals surface area contributed by atoms with Crippen molar-refractivity contribution in [2.45, 2.75) is 45.6 Å². The normalized spacial score (nSPS) is 11.7. The number of rotatable bonds is 11. The molecule has 0 radical (unpaired) electrons. The largest absolute Gasteiger partial charge is 0.328 e. The molecule has 0 bridgehead atoms. The number of para-hydroxylation sites is 2. The van der Waals surface area contributed by atoms with Crippen LogP contribution in [0.15, 0.2) is 115 Å². The van der Waals surface area contributed by atoms with Gasteiger partial charge in [0.05, 0.1) is 17.2 Å². The molecule has 0 atom stereocenters. The van der Waals surface area contributed by atoms with E-state index < -0.39 is 7.26 Å². The van der Waals surface area contributed by atoms with Crippen LogP contribution < -0.4 is 15.9 Å². The molecule has 2 nitrogen and oxygen atoms in total. The van der Waals surface area contributed by atoms with Crippen LogP contribution in [0.25, 0.3) is 11.0 Å². The van der Waals surface area contributed by atoms with Gasteiger partial charge >= 0.3 is 0 Å². The first kappa shape index (κ1) is 24.5. The SMILES string of the molecule is Cc1nc2ccccc2n1CCCCCCC[P+](c1ccccc1)(c1ccccc1)c1ccccc1. The van der Waals surface area contributed by atoms with Crippen molar-refractivity contribution < 1.29 is 0 Å². The fraction of sp³-hybridized carbons (Fsp3) is 0.242. The van der Waals surface area contributed by atoms with Gasteiger partial charge in [0.2, 0.25) is 0 Å². The minimum atomic E-state index is -1.69. The number of nitrogens with zero attached hydrogens (tertiary/aromatic N) is 2. The minimum Gasteiger partial charge on any atom is -0.328 e. The van der Waals surface area contributed by atoms with Gasteiger partial charge in [0.1, 0.15) is 29.0 Å². The molecule has 36 heavy (non-hydrogen) atoms. The number of aromatic nitrogens is 2. The Balaban J connectivity index is 1.26. The lowest BCUT2D eigenvalue weighted by atomic mass is 10.1. The van der Waals surface area contributed by atoms with Gasteiger partial charge in [-0.05, 0) is 74.7 Å². The highest BCUT2D eigenvalue weighted by atomic mass is 31.2. The van der Waals surface area contributed by atoms with Crippen LogP contribution in [0.2, 0.25) is 0 Å². The van der Waals surface area contributed by atoms with Gasteiger partial charge in [-0.3, -0.25) is 0 Å². The van der Waals surface area contributed by atoms with E-state index in [1.807, 2.05) is 0 Å². The van der Waals surface area contributed by atoms with Crippen molar-refractivity contribution in [2.75, 3.05) is 6.16 Å². The van der Waals surface area contributed by atoms with Crippen LogP contribution in [0.1, 0.15) is 37.9 Å². The second-order valence-corrected chi connectivity index (χ2v) is 13.2. The Bertz CT molecular complexity index is 1260. The molecule has 1 aromatic heterocycles. The predicted octanol–water partition coefficient (Wildman–Crippen LogP) is 7.29. The molecule has 0 saturated heterocycles. The van der Waals surface area contributed by atoms with Crippen molar-refractivity contribution >= 4 is 34.2 Å². The van der Waals surface area contributed by atoms with E-state index in [2.05, 4.69) is 127 Å². The zero-order chi connectivity index (χ0) is 24.6. The van der Waals surface area contributed by atoms with E-state index in [4.69, 9.17) is 4.98 Å². The van der Waals surface area contributed by atoms with Gasteiger partial charge in [0, 0.05) is 6.54 Å². The smallest absolute Gasteiger partial charge is 0.112 e. The highest BCUT2D eigenvalue weighted by Gasteiger charge is 2.44. The average molecular weight is 492 g/mol. The van der Waals surface area contributed by atoms with Crippen LogP contribution in [0.4, 0.5) is 0 Å². The van der Waals surface area contributed by atoms with E-state index in [9.17, 15) is 0 Å². The average Bonchev–Trinajstić information content (AvgIpc) is 3.26. The maximum atomic E-state index is 4.72. The van der Waals surface area contributed by atoms with Crippen molar-refractivity contribution in [1.82, 2.24) is 9.55 Å². The Morgan fingerprint density at radius 1 is 0.556 bits per heavy atom. The first-order valence-corrected chi connectivity index (χ1v) is 15.2. The summed E-state index contributed by atoms with van der Waals surface area (Å²) >= 11 is 0. The summed E-state index contributed by atoms with van der Waals surface area (Å²) in [5, 5.41) is 4.47. The maximum absolute atomic E-state index is 4.72. The molecule has 0 fully saturated rings. The molecule has 5 rings (SSSR count). The van der Waals surface area contributed by atoms with Crippen molar-refractivity contribution in [1.29, 1.82) is 0 Å².